The zero-order valence-electron chi connectivity index (χ0n) is 23.9. The van der Waals surface area contributed by atoms with Crippen LogP contribution >= 0.6 is 0 Å². The highest BCUT2D eigenvalue weighted by molar-refractivity contribution is 6.02. The van der Waals surface area contributed by atoms with Crippen LogP contribution in [0.5, 0.6) is 17.4 Å². The van der Waals surface area contributed by atoms with Crippen molar-refractivity contribution in [2.24, 2.45) is 0 Å². The second-order valence-corrected chi connectivity index (χ2v) is 9.56. The smallest absolute Gasteiger partial charge is 0.319 e. The summed E-state index contributed by atoms with van der Waals surface area (Å²) >= 11 is 0. The lowest BCUT2D eigenvalue weighted by Gasteiger charge is -2.15. The number of imidazole rings is 1. The highest BCUT2D eigenvalue weighted by Gasteiger charge is 2.17. The molecule has 11 nitrogen and oxygen atoms in total. The summed E-state index contributed by atoms with van der Waals surface area (Å²) in [5.41, 5.74) is 1.70. The van der Waals surface area contributed by atoms with E-state index >= 15 is 4.39 Å². The van der Waals surface area contributed by atoms with E-state index in [1.807, 2.05) is 13.8 Å². The number of aromatic nitrogens is 4. The summed E-state index contributed by atoms with van der Waals surface area (Å²) < 4.78 is 41.4. The summed E-state index contributed by atoms with van der Waals surface area (Å²) in [6, 6.07) is 12.5. The Kier molecular flexibility index (Phi) is 9.23. The van der Waals surface area contributed by atoms with Crippen LogP contribution in [0.25, 0.3) is 16.6 Å². The predicted octanol–water partition coefficient (Wildman–Crippen LogP) is 6.46. The van der Waals surface area contributed by atoms with Crippen LogP contribution in [0.1, 0.15) is 37.2 Å². The number of halogens is 2. The zero-order valence-corrected chi connectivity index (χ0v) is 23.9. The Labute approximate surface area is 251 Å². The molecule has 0 radical (unpaired) electrons. The van der Waals surface area contributed by atoms with E-state index in [2.05, 4.69) is 30.9 Å². The molecule has 3 N–H and O–H groups in total. The van der Waals surface area contributed by atoms with Gasteiger partial charge in [-0.25, -0.2) is 28.5 Å². The highest BCUT2D eigenvalue weighted by atomic mass is 19.1. The molecule has 3 amide bonds. The largest absolute Gasteiger partial charge is 0.492 e. The predicted molar refractivity (Wildman–Crippen MR) is 161 cm³/mol. The molecule has 5 aromatic rings. The van der Waals surface area contributed by atoms with Gasteiger partial charge >= 0.3 is 6.03 Å². The number of rotatable bonds is 11. The summed E-state index contributed by atoms with van der Waals surface area (Å²) in [6.45, 7) is 4.72. The minimum atomic E-state index is -0.758. The Morgan fingerprint density at radius 3 is 2.50 bits per heavy atom. The number of nitrogens with one attached hydrogen (secondary N) is 3. The number of unbranched alkanes of at least 4 members (excludes halogenated alkanes) is 1. The number of carbonyl (C=O) groups is 2. The number of hydrogen-bond acceptors (Lipinski definition) is 7. The summed E-state index contributed by atoms with van der Waals surface area (Å²) in [4.78, 5) is 37.7. The number of anilines is 2. The van der Waals surface area contributed by atoms with Crippen molar-refractivity contribution in [2.75, 3.05) is 23.8 Å². The molecule has 0 atom stereocenters. The monoisotopic (exact) mass is 601 g/mol. The molecule has 0 saturated carbocycles. The second kappa shape index (κ2) is 13.6. The van der Waals surface area contributed by atoms with E-state index in [0.717, 1.165) is 18.9 Å². The third kappa shape index (κ3) is 7.06. The zero-order chi connectivity index (χ0) is 31.1. The van der Waals surface area contributed by atoms with E-state index in [-0.39, 0.29) is 28.8 Å². The van der Waals surface area contributed by atoms with Gasteiger partial charge in [0.25, 0.3) is 5.91 Å². The van der Waals surface area contributed by atoms with Gasteiger partial charge in [0.1, 0.15) is 29.9 Å². The summed E-state index contributed by atoms with van der Waals surface area (Å²) in [7, 11) is 0. The van der Waals surface area contributed by atoms with Crippen LogP contribution in [0.4, 0.5) is 25.0 Å². The molecule has 0 aliphatic heterocycles. The van der Waals surface area contributed by atoms with Crippen LogP contribution in [0.2, 0.25) is 0 Å². The van der Waals surface area contributed by atoms with Gasteiger partial charge in [0.2, 0.25) is 5.88 Å². The number of ether oxygens (including phenoxy) is 2. The SMILES string of the molecule is CCCCNC(=O)Nc1cc2c(Oc3ccc(NC(=O)c4cn(-c5ccc(F)cc5)cn4)cc3F)ncnc2cc1OCC. The third-order valence-corrected chi connectivity index (χ3v) is 6.40. The van der Waals surface area contributed by atoms with Gasteiger partial charge in [-0.1, -0.05) is 13.3 Å². The number of benzene rings is 3. The number of amides is 3. The van der Waals surface area contributed by atoms with E-state index in [4.69, 9.17) is 9.47 Å². The molecule has 0 unspecified atom stereocenters. The van der Waals surface area contributed by atoms with Crippen LogP contribution in [-0.2, 0) is 0 Å². The first-order valence-corrected chi connectivity index (χ1v) is 13.9. The summed E-state index contributed by atoms with van der Waals surface area (Å²) in [5, 5.41) is 8.57. The molecule has 3 aromatic carbocycles. The van der Waals surface area contributed by atoms with Gasteiger partial charge in [-0.2, -0.15) is 0 Å². The first-order chi connectivity index (χ1) is 21.3. The molecule has 0 spiro atoms. The van der Waals surface area contributed by atoms with Crippen molar-refractivity contribution in [2.45, 2.75) is 26.7 Å². The molecular weight excluding hydrogens is 572 g/mol. The number of fused-ring (bicyclic) bond motifs is 1. The fourth-order valence-electron chi connectivity index (χ4n) is 4.21. The van der Waals surface area contributed by atoms with Gasteiger partial charge < -0.3 is 30.0 Å². The molecule has 0 aliphatic rings. The molecule has 2 aromatic heterocycles. The lowest BCUT2D eigenvalue weighted by atomic mass is 10.2. The van der Waals surface area contributed by atoms with E-state index in [1.165, 1.54) is 43.1 Å². The quantitative estimate of drug-likeness (QED) is 0.148. The lowest BCUT2D eigenvalue weighted by molar-refractivity contribution is 0.102. The van der Waals surface area contributed by atoms with E-state index < -0.39 is 17.8 Å². The van der Waals surface area contributed by atoms with Crippen molar-refractivity contribution in [1.29, 1.82) is 0 Å². The number of nitrogens with zero attached hydrogens (tertiary/aromatic N) is 4. The van der Waals surface area contributed by atoms with Crippen LogP contribution in [0.15, 0.2) is 73.4 Å². The summed E-state index contributed by atoms with van der Waals surface area (Å²) in [5.74, 6) is -1.40. The van der Waals surface area contributed by atoms with Gasteiger partial charge in [-0.3, -0.25) is 4.79 Å². The second-order valence-electron chi connectivity index (χ2n) is 9.56. The average molecular weight is 602 g/mol. The molecule has 5 rings (SSSR count). The molecule has 0 fully saturated rings. The van der Waals surface area contributed by atoms with Crippen LogP contribution in [-0.4, -0.2) is 44.6 Å². The van der Waals surface area contributed by atoms with Gasteiger partial charge in [-0.05, 0) is 55.8 Å². The maximum absolute atomic E-state index is 15.2. The van der Waals surface area contributed by atoms with Gasteiger partial charge in [-0.15, -0.1) is 0 Å². The average Bonchev–Trinajstić information content (AvgIpc) is 3.50. The van der Waals surface area contributed by atoms with Gasteiger partial charge in [0.05, 0.1) is 23.2 Å². The minimum Gasteiger partial charge on any atom is -0.492 e. The van der Waals surface area contributed by atoms with Gasteiger partial charge in [0, 0.05) is 36.2 Å². The minimum absolute atomic E-state index is 0.0505. The lowest BCUT2D eigenvalue weighted by Crippen LogP contribution is -2.29. The molecular formula is C31H29F2N7O4. The van der Waals surface area contributed by atoms with Crippen molar-refractivity contribution >= 4 is 34.2 Å². The molecule has 13 heteroatoms. The topological polar surface area (TPSA) is 132 Å². The highest BCUT2D eigenvalue weighted by Crippen LogP contribution is 2.35. The number of carbonyl (C=O) groups excluding carboxylic acids is 2. The first-order valence-electron chi connectivity index (χ1n) is 13.9. The van der Waals surface area contributed by atoms with Crippen LogP contribution in [0.3, 0.4) is 0 Å². The Balaban J connectivity index is 1.32. The van der Waals surface area contributed by atoms with Crippen molar-refractivity contribution in [3.63, 3.8) is 0 Å². The van der Waals surface area contributed by atoms with E-state index in [9.17, 15) is 14.0 Å². The Bertz CT molecular complexity index is 1790. The molecule has 0 saturated heterocycles. The Hall–Kier alpha value is -5.59. The normalized spacial score (nSPS) is 10.8. The maximum Gasteiger partial charge on any atom is 0.319 e. The van der Waals surface area contributed by atoms with Crippen molar-refractivity contribution < 1.29 is 27.8 Å². The number of urea groups is 1. The molecule has 226 valence electrons. The summed E-state index contributed by atoms with van der Waals surface area (Å²) in [6.07, 6.45) is 5.95. The maximum atomic E-state index is 15.2. The van der Waals surface area contributed by atoms with Crippen molar-refractivity contribution in [3.8, 4) is 23.1 Å². The Morgan fingerprint density at radius 1 is 0.932 bits per heavy atom. The van der Waals surface area contributed by atoms with E-state index in [1.54, 1.807) is 28.8 Å². The fraction of sp³-hybridized carbons (Fsp3) is 0.194. The molecule has 0 bridgehead atoms. The molecule has 44 heavy (non-hydrogen) atoms. The fourth-order valence-corrected chi connectivity index (χ4v) is 4.21. The van der Waals surface area contributed by atoms with Gasteiger partial charge in [0.15, 0.2) is 11.6 Å². The van der Waals surface area contributed by atoms with E-state index in [0.29, 0.717) is 41.2 Å². The number of hydrogen-bond donors (Lipinski definition) is 3. The molecule has 0 aliphatic carbocycles. The third-order valence-electron chi connectivity index (χ3n) is 6.40. The van der Waals surface area contributed by atoms with Crippen molar-refractivity contribution in [1.82, 2.24) is 24.8 Å². The van der Waals surface area contributed by atoms with Crippen LogP contribution in [0, 0.1) is 11.6 Å². The molecule has 2 heterocycles. The standard InChI is InChI=1S/C31H29F2N7O4/c1-3-5-12-34-31(42)39-25-14-22-24(15-28(25)43-4-2)35-17-36-30(22)44-27-11-8-20(13-23(27)33)38-29(41)26-16-40(18-37-26)21-9-6-19(32)7-10-21/h6-11,13-18H,3-5,12H2,1-2H3,(H,38,41)(H2,34,39,42). The Morgan fingerprint density at radius 2 is 1.75 bits per heavy atom. The van der Waals surface area contributed by atoms with Crippen molar-refractivity contribution in [3.05, 3.63) is 90.8 Å². The first kappa shape index (κ1) is 29.9. The van der Waals surface area contributed by atoms with Crippen LogP contribution < -0.4 is 25.4 Å².